The molecule has 1 aromatic heterocycles. The van der Waals surface area contributed by atoms with Crippen LogP contribution in [0, 0.1) is 5.41 Å². The van der Waals surface area contributed by atoms with E-state index >= 15 is 0 Å². The summed E-state index contributed by atoms with van der Waals surface area (Å²) in [5.41, 5.74) is 1.02. The van der Waals surface area contributed by atoms with Crippen molar-refractivity contribution in [3.8, 4) is 10.4 Å². The van der Waals surface area contributed by atoms with Crippen molar-refractivity contribution in [2.24, 2.45) is 5.41 Å². The number of carbonyl (C=O) groups excluding carboxylic acids is 1. The number of hydrogen-bond acceptors (Lipinski definition) is 2. The van der Waals surface area contributed by atoms with Gasteiger partial charge in [-0.3, -0.25) is 4.79 Å². The van der Waals surface area contributed by atoms with Gasteiger partial charge < -0.3 is 5.32 Å². The Morgan fingerprint density at radius 1 is 1.05 bits per heavy atom. The van der Waals surface area contributed by atoms with Gasteiger partial charge in [-0.05, 0) is 30.5 Å². The molecule has 110 valence electrons. The van der Waals surface area contributed by atoms with E-state index in [0.717, 1.165) is 17.8 Å². The maximum atomic E-state index is 12.5. The molecule has 0 aliphatic heterocycles. The van der Waals surface area contributed by atoms with Gasteiger partial charge in [0.15, 0.2) is 0 Å². The lowest BCUT2D eigenvalue weighted by Gasteiger charge is -2.31. The van der Waals surface area contributed by atoms with Crippen LogP contribution in [0.1, 0.15) is 39.0 Å². The van der Waals surface area contributed by atoms with Crippen molar-refractivity contribution < 1.29 is 4.79 Å². The summed E-state index contributed by atoms with van der Waals surface area (Å²) in [4.78, 5) is 13.7. The monoisotopic (exact) mass is 299 g/mol. The highest BCUT2D eigenvalue weighted by molar-refractivity contribution is 7.19. The van der Waals surface area contributed by atoms with Crippen molar-refractivity contribution in [2.45, 2.75) is 39.0 Å². The van der Waals surface area contributed by atoms with Crippen LogP contribution in [-0.4, -0.2) is 5.91 Å². The van der Waals surface area contributed by atoms with Crippen LogP contribution in [0.15, 0.2) is 42.5 Å². The summed E-state index contributed by atoms with van der Waals surface area (Å²) in [6, 6.07) is 14.4. The molecule has 3 rings (SSSR count). The van der Waals surface area contributed by atoms with E-state index in [1.54, 1.807) is 11.3 Å². The molecule has 3 heteroatoms. The molecule has 1 N–H and O–H groups in total. The smallest absolute Gasteiger partial charge is 0.230 e. The number of hydrogen-bond donors (Lipinski definition) is 1. The molecule has 0 atom stereocenters. The van der Waals surface area contributed by atoms with Gasteiger partial charge in [-0.1, -0.05) is 56.5 Å². The van der Waals surface area contributed by atoms with E-state index in [4.69, 9.17) is 0 Å². The van der Waals surface area contributed by atoms with Crippen molar-refractivity contribution in [1.82, 2.24) is 0 Å². The lowest BCUT2D eigenvalue weighted by molar-refractivity contribution is -0.126. The molecular formula is C18H21NOS. The Morgan fingerprint density at radius 3 is 2.48 bits per heavy atom. The second-order valence-corrected chi connectivity index (χ2v) is 7.19. The van der Waals surface area contributed by atoms with E-state index in [9.17, 15) is 4.79 Å². The number of benzene rings is 1. The van der Waals surface area contributed by atoms with Crippen LogP contribution in [-0.2, 0) is 4.79 Å². The highest BCUT2D eigenvalue weighted by Gasteiger charge is 2.34. The molecule has 1 aliphatic rings. The van der Waals surface area contributed by atoms with Crippen molar-refractivity contribution in [1.29, 1.82) is 0 Å². The van der Waals surface area contributed by atoms with Crippen LogP contribution < -0.4 is 5.32 Å². The predicted molar refractivity (Wildman–Crippen MR) is 89.6 cm³/mol. The molecule has 1 aliphatic carbocycles. The summed E-state index contributed by atoms with van der Waals surface area (Å²) in [5, 5.41) is 4.07. The van der Waals surface area contributed by atoms with Crippen molar-refractivity contribution >= 4 is 22.2 Å². The minimum absolute atomic E-state index is 0.184. The third-order valence-electron chi connectivity index (χ3n) is 4.41. The van der Waals surface area contributed by atoms with Crippen molar-refractivity contribution in [3.05, 3.63) is 42.5 Å². The summed E-state index contributed by atoms with van der Waals surface area (Å²) in [6.07, 6.45) is 5.62. The van der Waals surface area contributed by atoms with Gasteiger partial charge in [-0.15, -0.1) is 11.3 Å². The largest absolute Gasteiger partial charge is 0.317 e. The highest BCUT2D eigenvalue weighted by Crippen LogP contribution is 2.38. The third-order valence-corrected chi connectivity index (χ3v) is 5.46. The second kappa shape index (κ2) is 6.02. The summed E-state index contributed by atoms with van der Waals surface area (Å²) in [6.45, 7) is 2.10. The first kappa shape index (κ1) is 14.3. The zero-order valence-corrected chi connectivity index (χ0v) is 13.2. The Morgan fingerprint density at radius 2 is 1.76 bits per heavy atom. The molecule has 2 nitrogen and oxygen atoms in total. The summed E-state index contributed by atoms with van der Waals surface area (Å²) < 4.78 is 0. The Labute approximate surface area is 130 Å². The zero-order valence-electron chi connectivity index (χ0n) is 12.4. The predicted octanol–water partition coefficient (Wildman–Crippen LogP) is 5.32. The van der Waals surface area contributed by atoms with Crippen LogP contribution >= 0.6 is 11.3 Å². The molecule has 0 bridgehead atoms. The molecule has 1 aromatic carbocycles. The normalized spacial score (nSPS) is 17.4. The fourth-order valence-corrected chi connectivity index (χ4v) is 3.89. The number of nitrogens with one attached hydrogen (secondary N) is 1. The molecule has 1 fully saturated rings. The average molecular weight is 299 g/mol. The maximum Gasteiger partial charge on any atom is 0.230 e. The maximum absolute atomic E-state index is 12.5. The van der Waals surface area contributed by atoms with Gasteiger partial charge in [-0.2, -0.15) is 0 Å². The van der Waals surface area contributed by atoms with E-state index in [2.05, 4.69) is 30.4 Å². The molecule has 1 amide bonds. The van der Waals surface area contributed by atoms with E-state index in [-0.39, 0.29) is 11.3 Å². The fraction of sp³-hybridized carbons (Fsp3) is 0.389. The standard InChI is InChI=1S/C18H21NOS/c1-18(12-6-3-7-13-18)17(20)19-16-11-10-15(21-16)14-8-4-2-5-9-14/h2,4-5,8-11H,3,6-7,12-13H2,1H3,(H,19,20). The molecule has 2 aromatic rings. The van der Waals surface area contributed by atoms with Gasteiger partial charge in [0, 0.05) is 10.3 Å². The molecule has 0 spiro atoms. The van der Waals surface area contributed by atoms with Crippen LogP contribution in [0.3, 0.4) is 0 Å². The molecular weight excluding hydrogens is 278 g/mol. The van der Waals surface area contributed by atoms with Gasteiger partial charge in [0.05, 0.1) is 5.00 Å². The van der Waals surface area contributed by atoms with E-state index < -0.39 is 0 Å². The fourth-order valence-electron chi connectivity index (χ4n) is 2.98. The Hall–Kier alpha value is -1.61. The first-order chi connectivity index (χ1) is 10.2. The first-order valence-electron chi connectivity index (χ1n) is 7.64. The number of amides is 1. The Kier molecular flexibility index (Phi) is 4.11. The average Bonchev–Trinajstić information content (AvgIpc) is 2.97. The summed E-state index contributed by atoms with van der Waals surface area (Å²) >= 11 is 1.65. The van der Waals surface area contributed by atoms with E-state index in [1.165, 1.54) is 29.7 Å². The molecule has 1 heterocycles. The lowest BCUT2D eigenvalue weighted by atomic mass is 9.75. The topological polar surface area (TPSA) is 29.1 Å². The van der Waals surface area contributed by atoms with Crippen LogP contribution in [0.4, 0.5) is 5.00 Å². The minimum atomic E-state index is -0.185. The second-order valence-electron chi connectivity index (χ2n) is 6.11. The molecule has 1 saturated carbocycles. The van der Waals surface area contributed by atoms with E-state index in [0.29, 0.717) is 0 Å². The zero-order chi connectivity index (χ0) is 14.7. The summed E-state index contributed by atoms with van der Waals surface area (Å²) in [7, 11) is 0. The van der Waals surface area contributed by atoms with Gasteiger partial charge in [-0.25, -0.2) is 0 Å². The quantitative estimate of drug-likeness (QED) is 0.816. The molecule has 0 saturated heterocycles. The van der Waals surface area contributed by atoms with Crippen molar-refractivity contribution in [2.75, 3.05) is 5.32 Å². The van der Waals surface area contributed by atoms with Gasteiger partial charge in [0.1, 0.15) is 0 Å². The molecule has 0 radical (unpaired) electrons. The first-order valence-corrected chi connectivity index (χ1v) is 8.46. The van der Waals surface area contributed by atoms with Gasteiger partial charge in [0.25, 0.3) is 0 Å². The van der Waals surface area contributed by atoms with Crippen LogP contribution in [0.25, 0.3) is 10.4 Å². The number of anilines is 1. The molecule has 21 heavy (non-hydrogen) atoms. The Balaban J connectivity index is 1.71. The Bertz CT molecular complexity index is 611. The summed E-state index contributed by atoms with van der Waals surface area (Å²) in [5.74, 6) is 0.184. The third kappa shape index (κ3) is 3.18. The van der Waals surface area contributed by atoms with Crippen LogP contribution in [0.2, 0.25) is 0 Å². The number of carbonyl (C=O) groups is 1. The van der Waals surface area contributed by atoms with Crippen LogP contribution in [0.5, 0.6) is 0 Å². The van der Waals surface area contributed by atoms with Gasteiger partial charge >= 0.3 is 0 Å². The SMILES string of the molecule is CC1(C(=O)Nc2ccc(-c3ccccc3)s2)CCCCC1. The number of rotatable bonds is 3. The number of thiophene rings is 1. The lowest BCUT2D eigenvalue weighted by Crippen LogP contribution is -2.35. The highest BCUT2D eigenvalue weighted by atomic mass is 32.1. The van der Waals surface area contributed by atoms with Gasteiger partial charge in [0.2, 0.25) is 5.91 Å². The van der Waals surface area contributed by atoms with Crippen molar-refractivity contribution in [3.63, 3.8) is 0 Å². The minimum Gasteiger partial charge on any atom is -0.317 e. The van der Waals surface area contributed by atoms with E-state index in [1.807, 2.05) is 24.3 Å². The molecule has 0 unspecified atom stereocenters.